The Kier molecular flexibility index (Phi) is 16.2. The van der Waals surface area contributed by atoms with Gasteiger partial charge in [-0.1, -0.05) is 83.3 Å². The SMILES string of the molecule is CCCCCCCC/C=C\CCCCCCCCCc1cc(Oc2ccc(N)cc2C(F)(F)F)ccc1Oc1ccc(N)cc1C(F)(F)F. The average Bonchev–Trinajstić information content (AvgIpc) is 3.04. The van der Waals surface area contributed by atoms with Crippen molar-refractivity contribution >= 4 is 11.4 Å². The summed E-state index contributed by atoms with van der Waals surface area (Å²) in [5.41, 5.74) is 9.51. The van der Waals surface area contributed by atoms with Crippen molar-refractivity contribution in [2.45, 2.75) is 122 Å². The third-order valence-corrected chi connectivity index (χ3v) is 8.31. The van der Waals surface area contributed by atoms with E-state index in [9.17, 15) is 26.3 Å². The molecule has 49 heavy (non-hydrogen) atoms. The number of halogens is 6. The highest BCUT2D eigenvalue weighted by Gasteiger charge is 2.36. The molecule has 4 N–H and O–H groups in total. The van der Waals surface area contributed by atoms with Crippen molar-refractivity contribution in [3.05, 3.63) is 83.4 Å². The second-order valence-corrected chi connectivity index (χ2v) is 12.5. The van der Waals surface area contributed by atoms with Crippen molar-refractivity contribution in [1.82, 2.24) is 0 Å². The third-order valence-electron chi connectivity index (χ3n) is 8.31. The molecule has 0 aliphatic carbocycles. The van der Waals surface area contributed by atoms with Crippen LogP contribution in [-0.2, 0) is 18.8 Å². The fraction of sp³-hybridized carbons (Fsp3) is 0.487. The first-order valence-corrected chi connectivity index (χ1v) is 17.5. The van der Waals surface area contributed by atoms with Crippen LogP contribution in [0.4, 0.5) is 37.7 Å². The summed E-state index contributed by atoms with van der Waals surface area (Å²) in [7, 11) is 0. The van der Waals surface area contributed by atoms with E-state index in [1.807, 2.05) is 0 Å². The van der Waals surface area contributed by atoms with Gasteiger partial charge >= 0.3 is 12.4 Å². The Morgan fingerprint density at radius 2 is 0.980 bits per heavy atom. The fourth-order valence-corrected chi connectivity index (χ4v) is 5.62. The Balaban J connectivity index is 1.57. The summed E-state index contributed by atoms with van der Waals surface area (Å²) < 4.78 is 93.7. The minimum Gasteiger partial charge on any atom is -0.457 e. The molecule has 0 heterocycles. The third kappa shape index (κ3) is 14.3. The monoisotopic (exact) mass is 692 g/mol. The van der Waals surface area contributed by atoms with Crippen molar-refractivity contribution in [3.63, 3.8) is 0 Å². The van der Waals surface area contributed by atoms with Gasteiger partial charge in [0.15, 0.2) is 0 Å². The number of hydrogen-bond acceptors (Lipinski definition) is 4. The van der Waals surface area contributed by atoms with Crippen molar-refractivity contribution in [2.24, 2.45) is 0 Å². The van der Waals surface area contributed by atoms with Crippen LogP contribution in [-0.4, -0.2) is 0 Å². The highest BCUT2D eigenvalue weighted by atomic mass is 19.4. The molecule has 0 aliphatic heterocycles. The Morgan fingerprint density at radius 3 is 1.49 bits per heavy atom. The molecule has 0 bridgehead atoms. The molecule has 0 unspecified atom stereocenters. The number of hydrogen-bond donors (Lipinski definition) is 2. The highest BCUT2D eigenvalue weighted by Crippen LogP contribution is 2.42. The van der Waals surface area contributed by atoms with Gasteiger partial charge < -0.3 is 20.9 Å². The summed E-state index contributed by atoms with van der Waals surface area (Å²) in [6.45, 7) is 2.23. The number of benzene rings is 3. The molecule has 0 amide bonds. The summed E-state index contributed by atoms with van der Waals surface area (Å²) >= 11 is 0. The standard InChI is InChI=1S/C39H50F6N2O2/c1-2-3-4-5-6-7-8-9-10-11-12-13-14-15-16-17-18-19-29-26-32(48-36-23-20-30(46)27-33(36)38(40,41)42)22-25-35(29)49-37-24-21-31(47)28-34(37)39(43,44)45/h9-10,20-28H,2-8,11-19,46-47H2,1H3/b10-9-. The number of allylic oxidation sites excluding steroid dienone is 2. The van der Waals surface area contributed by atoms with Crippen LogP contribution in [0.25, 0.3) is 0 Å². The van der Waals surface area contributed by atoms with Crippen LogP contribution in [0.5, 0.6) is 23.0 Å². The van der Waals surface area contributed by atoms with E-state index in [-0.39, 0.29) is 22.9 Å². The maximum atomic E-state index is 13.8. The number of anilines is 2. The van der Waals surface area contributed by atoms with E-state index in [1.165, 1.54) is 68.9 Å². The lowest BCUT2D eigenvalue weighted by molar-refractivity contribution is -0.139. The van der Waals surface area contributed by atoms with Gasteiger partial charge in [0, 0.05) is 11.4 Å². The van der Waals surface area contributed by atoms with E-state index in [1.54, 1.807) is 0 Å². The Hall–Kier alpha value is -3.82. The predicted octanol–water partition coefficient (Wildman–Crippen LogP) is 13.4. The summed E-state index contributed by atoms with van der Waals surface area (Å²) in [6.07, 6.45) is 12.9. The molecule has 10 heteroatoms. The molecule has 3 aromatic carbocycles. The zero-order chi connectivity index (χ0) is 35.7. The second kappa shape index (κ2) is 20.0. The average molecular weight is 693 g/mol. The maximum absolute atomic E-state index is 13.8. The number of nitrogen functional groups attached to an aromatic ring is 2. The number of alkyl halides is 6. The first kappa shape index (κ1) is 39.6. The molecule has 0 atom stereocenters. The minimum atomic E-state index is -4.71. The number of aryl methyl sites for hydroxylation is 1. The Bertz CT molecular complexity index is 1450. The molecule has 0 spiro atoms. The smallest absolute Gasteiger partial charge is 0.420 e. The lowest BCUT2D eigenvalue weighted by Crippen LogP contribution is -2.09. The van der Waals surface area contributed by atoms with Crippen LogP contribution < -0.4 is 20.9 Å². The summed E-state index contributed by atoms with van der Waals surface area (Å²) in [6, 6.07) is 10.8. The zero-order valence-corrected chi connectivity index (χ0v) is 28.4. The molecule has 0 aliphatic rings. The summed E-state index contributed by atoms with van der Waals surface area (Å²) in [5.74, 6) is -0.619. The van der Waals surface area contributed by atoms with E-state index in [0.29, 0.717) is 18.4 Å². The summed E-state index contributed by atoms with van der Waals surface area (Å²) in [4.78, 5) is 0. The van der Waals surface area contributed by atoms with Crippen LogP contribution in [0.3, 0.4) is 0 Å². The van der Waals surface area contributed by atoms with Crippen LogP contribution >= 0.6 is 0 Å². The van der Waals surface area contributed by atoms with Gasteiger partial charge in [-0.3, -0.25) is 0 Å². The molecule has 270 valence electrons. The molecule has 0 fully saturated rings. The first-order valence-electron chi connectivity index (χ1n) is 17.5. The normalized spacial score (nSPS) is 12.1. The molecular formula is C39H50F6N2O2. The van der Waals surface area contributed by atoms with Gasteiger partial charge in [-0.25, -0.2) is 0 Å². The number of unbranched alkanes of at least 4 members (excludes halogenated alkanes) is 13. The van der Waals surface area contributed by atoms with E-state index in [0.717, 1.165) is 75.6 Å². The molecule has 0 saturated heterocycles. The van der Waals surface area contributed by atoms with Gasteiger partial charge in [0.1, 0.15) is 34.1 Å². The van der Waals surface area contributed by atoms with Crippen LogP contribution in [0.1, 0.15) is 120 Å². The van der Waals surface area contributed by atoms with E-state index < -0.39 is 35.0 Å². The molecule has 0 radical (unpaired) electrons. The van der Waals surface area contributed by atoms with Crippen LogP contribution in [0, 0.1) is 0 Å². The molecule has 0 saturated carbocycles. The maximum Gasteiger partial charge on any atom is 0.420 e. The van der Waals surface area contributed by atoms with Gasteiger partial charge in [0.2, 0.25) is 0 Å². The van der Waals surface area contributed by atoms with Gasteiger partial charge in [0.05, 0.1) is 0 Å². The Labute approximate surface area is 286 Å². The molecular weight excluding hydrogens is 642 g/mol. The number of ether oxygens (including phenoxy) is 2. The minimum absolute atomic E-state index is 0.0624. The Morgan fingerprint density at radius 1 is 0.531 bits per heavy atom. The predicted molar refractivity (Wildman–Crippen MR) is 186 cm³/mol. The van der Waals surface area contributed by atoms with Crippen molar-refractivity contribution in [2.75, 3.05) is 11.5 Å². The van der Waals surface area contributed by atoms with Crippen LogP contribution in [0.2, 0.25) is 0 Å². The number of nitrogens with two attached hydrogens (primary N) is 2. The lowest BCUT2D eigenvalue weighted by atomic mass is 10.0. The largest absolute Gasteiger partial charge is 0.457 e. The molecule has 3 aromatic rings. The van der Waals surface area contributed by atoms with E-state index in [4.69, 9.17) is 20.9 Å². The van der Waals surface area contributed by atoms with Crippen molar-refractivity contribution in [1.29, 1.82) is 0 Å². The molecule has 3 rings (SSSR count). The second-order valence-electron chi connectivity index (χ2n) is 12.5. The fourth-order valence-electron chi connectivity index (χ4n) is 5.62. The van der Waals surface area contributed by atoms with E-state index in [2.05, 4.69) is 19.1 Å². The van der Waals surface area contributed by atoms with Crippen molar-refractivity contribution in [3.8, 4) is 23.0 Å². The first-order chi connectivity index (χ1) is 23.4. The van der Waals surface area contributed by atoms with Crippen LogP contribution in [0.15, 0.2) is 66.7 Å². The van der Waals surface area contributed by atoms with Gasteiger partial charge in [-0.2, -0.15) is 26.3 Å². The van der Waals surface area contributed by atoms with Gasteiger partial charge in [-0.15, -0.1) is 0 Å². The lowest BCUT2D eigenvalue weighted by Gasteiger charge is -2.18. The molecule has 4 nitrogen and oxygen atoms in total. The topological polar surface area (TPSA) is 70.5 Å². The summed E-state index contributed by atoms with van der Waals surface area (Å²) in [5, 5.41) is 0. The van der Waals surface area contributed by atoms with E-state index >= 15 is 0 Å². The van der Waals surface area contributed by atoms with Crippen molar-refractivity contribution < 1.29 is 35.8 Å². The zero-order valence-electron chi connectivity index (χ0n) is 28.4. The quantitative estimate of drug-likeness (QED) is 0.0504. The number of rotatable bonds is 21. The molecule has 0 aromatic heterocycles. The highest BCUT2D eigenvalue weighted by molar-refractivity contribution is 5.53. The van der Waals surface area contributed by atoms with Gasteiger partial charge in [-0.05, 0) is 98.7 Å². The van der Waals surface area contributed by atoms with Gasteiger partial charge in [0.25, 0.3) is 0 Å².